The summed E-state index contributed by atoms with van der Waals surface area (Å²) >= 11 is 0. The molecule has 3 unspecified atom stereocenters. The normalized spacial score (nSPS) is 37.2. The molecule has 3 saturated carbocycles. The third-order valence-corrected chi connectivity index (χ3v) is 10.5. The molecule has 0 saturated heterocycles. The van der Waals surface area contributed by atoms with Gasteiger partial charge in [-0.1, -0.05) is 84.1 Å². The van der Waals surface area contributed by atoms with E-state index in [9.17, 15) is 9.59 Å². The lowest BCUT2D eigenvalue weighted by Crippen LogP contribution is -2.53. The van der Waals surface area contributed by atoms with E-state index >= 15 is 0 Å². The molecule has 0 aliphatic heterocycles. The fourth-order valence-electron chi connectivity index (χ4n) is 8.12. The summed E-state index contributed by atoms with van der Waals surface area (Å²) < 4.78 is 6.32. The Kier molecular flexibility index (Phi) is 8.75. The predicted octanol–water partition coefficient (Wildman–Crippen LogP) is 8.00. The van der Waals surface area contributed by atoms with E-state index < -0.39 is 0 Å². The number of fused-ring (bicyclic) bond motifs is 5. The van der Waals surface area contributed by atoms with Crippen molar-refractivity contribution in [2.75, 3.05) is 6.61 Å². The second-order valence-electron chi connectivity index (χ2n) is 12.6. The van der Waals surface area contributed by atoms with Crippen LogP contribution in [0.4, 0.5) is 0 Å². The maximum atomic E-state index is 13.4. The van der Waals surface area contributed by atoms with Crippen molar-refractivity contribution in [2.45, 2.75) is 136 Å². The molecule has 34 heavy (non-hydrogen) atoms. The second kappa shape index (κ2) is 11.4. The van der Waals surface area contributed by atoms with Gasteiger partial charge in [-0.25, -0.2) is 0 Å². The summed E-state index contributed by atoms with van der Waals surface area (Å²) in [7, 11) is 0. The molecule has 4 aliphatic carbocycles. The highest BCUT2D eigenvalue weighted by atomic mass is 16.5. The molecular formula is C31H50O3. The number of hydrogen-bond acceptors (Lipinski definition) is 3. The monoisotopic (exact) mass is 470 g/mol. The first-order valence-electron chi connectivity index (χ1n) is 14.8. The number of carbonyl (C=O) groups excluding carboxylic acids is 2. The van der Waals surface area contributed by atoms with Crippen LogP contribution in [0.1, 0.15) is 130 Å². The zero-order chi connectivity index (χ0) is 24.2. The Morgan fingerprint density at radius 1 is 0.824 bits per heavy atom. The Morgan fingerprint density at radius 2 is 1.44 bits per heavy atom. The molecule has 3 nitrogen and oxygen atoms in total. The first-order chi connectivity index (χ1) is 16.4. The van der Waals surface area contributed by atoms with Crippen molar-refractivity contribution in [3.05, 3.63) is 11.6 Å². The minimum atomic E-state index is -0.242. The van der Waals surface area contributed by atoms with Gasteiger partial charge in [-0.05, 0) is 68.3 Å². The lowest BCUT2D eigenvalue weighted by molar-refractivity contribution is -0.140. The number of ketones is 2. The third-order valence-electron chi connectivity index (χ3n) is 10.5. The van der Waals surface area contributed by atoms with E-state index in [1.54, 1.807) is 0 Å². The first-order valence-corrected chi connectivity index (χ1v) is 14.8. The van der Waals surface area contributed by atoms with Gasteiger partial charge in [-0.15, -0.1) is 0 Å². The Hall–Kier alpha value is -0.960. The molecule has 3 heteroatoms. The highest BCUT2D eigenvalue weighted by molar-refractivity contribution is 5.96. The van der Waals surface area contributed by atoms with E-state index in [2.05, 4.69) is 20.8 Å². The molecule has 0 heterocycles. The highest BCUT2D eigenvalue weighted by Crippen LogP contribution is 2.63. The number of hydrogen-bond donors (Lipinski definition) is 0. The van der Waals surface area contributed by atoms with Gasteiger partial charge in [0.15, 0.2) is 5.78 Å². The van der Waals surface area contributed by atoms with Crippen LogP contribution in [0.15, 0.2) is 11.6 Å². The molecule has 0 radical (unpaired) electrons. The SMILES string of the molecule is CCCCCCCCCCCCO[C@H]1CC[C@@]2(C)C(=CC(=O)C3C2CC[C@]2(C)C(=O)CCC32)C1. The Morgan fingerprint density at radius 3 is 2.15 bits per heavy atom. The molecule has 4 rings (SSSR count). The van der Waals surface area contributed by atoms with Crippen LogP contribution in [-0.4, -0.2) is 24.3 Å². The van der Waals surface area contributed by atoms with Gasteiger partial charge in [0, 0.05) is 24.4 Å². The van der Waals surface area contributed by atoms with Crippen molar-refractivity contribution in [3.8, 4) is 0 Å². The van der Waals surface area contributed by atoms with E-state index in [4.69, 9.17) is 4.74 Å². The van der Waals surface area contributed by atoms with Gasteiger partial charge in [-0.3, -0.25) is 9.59 Å². The van der Waals surface area contributed by atoms with Crippen LogP contribution in [0.25, 0.3) is 0 Å². The summed E-state index contributed by atoms with van der Waals surface area (Å²) in [6, 6.07) is 0. The molecule has 3 fully saturated rings. The lowest BCUT2D eigenvalue weighted by atomic mass is 9.48. The van der Waals surface area contributed by atoms with Crippen LogP contribution in [0.2, 0.25) is 0 Å². The fraction of sp³-hybridized carbons (Fsp3) is 0.871. The van der Waals surface area contributed by atoms with Gasteiger partial charge in [-0.2, -0.15) is 0 Å². The topological polar surface area (TPSA) is 43.4 Å². The molecule has 6 atom stereocenters. The van der Waals surface area contributed by atoms with E-state index in [1.165, 1.54) is 69.8 Å². The summed E-state index contributed by atoms with van der Waals surface area (Å²) in [6.07, 6.45) is 22.6. The Balaban J connectivity index is 1.21. The van der Waals surface area contributed by atoms with Crippen molar-refractivity contribution < 1.29 is 14.3 Å². The van der Waals surface area contributed by atoms with E-state index in [0.29, 0.717) is 23.9 Å². The van der Waals surface area contributed by atoms with Gasteiger partial charge in [0.1, 0.15) is 5.78 Å². The molecule has 4 aliphatic rings. The van der Waals surface area contributed by atoms with Crippen LogP contribution >= 0.6 is 0 Å². The van der Waals surface area contributed by atoms with Crippen LogP contribution in [-0.2, 0) is 14.3 Å². The van der Waals surface area contributed by atoms with Crippen LogP contribution in [0.3, 0.4) is 0 Å². The maximum Gasteiger partial charge on any atom is 0.159 e. The first kappa shape index (κ1) is 26.1. The van der Waals surface area contributed by atoms with Crippen molar-refractivity contribution in [3.63, 3.8) is 0 Å². The molecule has 0 aromatic rings. The zero-order valence-electron chi connectivity index (χ0n) is 22.3. The van der Waals surface area contributed by atoms with Crippen molar-refractivity contribution in [1.82, 2.24) is 0 Å². The maximum absolute atomic E-state index is 13.4. The average molecular weight is 471 g/mol. The molecule has 0 aromatic heterocycles. The predicted molar refractivity (Wildman–Crippen MR) is 139 cm³/mol. The zero-order valence-corrected chi connectivity index (χ0v) is 22.3. The molecule has 0 N–H and O–H groups in total. The number of Topliss-reactive ketones (excluding diaryl/α,β-unsaturated/α-hetero) is 1. The summed E-state index contributed by atoms with van der Waals surface area (Å²) in [5, 5.41) is 0. The molecule has 0 aromatic carbocycles. The van der Waals surface area contributed by atoms with E-state index in [-0.39, 0.29) is 28.8 Å². The van der Waals surface area contributed by atoms with Gasteiger partial charge < -0.3 is 4.74 Å². The smallest absolute Gasteiger partial charge is 0.159 e. The number of ether oxygens (including phenoxy) is 1. The Bertz CT molecular complexity index is 754. The minimum Gasteiger partial charge on any atom is -0.378 e. The number of rotatable bonds is 12. The number of carbonyl (C=O) groups is 2. The van der Waals surface area contributed by atoms with Gasteiger partial charge in [0.2, 0.25) is 0 Å². The molecule has 192 valence electrons. The molecular weight excluding hydrogens is 420 g/mol. The largest absolute Gasteiger partial charge is 0.378 e. The number of allylic oxidation sites excluding steroid dienone is 1. The van der Waals surface area contributed by atoms with Crippen molar-refractivity contribution >= 4 is 11.6 Å². The van der Waals surface area contributed by atoms with Crippen LogP contribution < -0.4 is 0 Å². The molecule has 0 amide bonds. The van der Waals surface area contributed by atoms with Crippen LogP contribution in [0.5, 0.6) is 0 Å². The highest BCUT2D eigenvalue weighted by Gasteiger charge is 2.60. The van der Waals surface area contributed by atoms with Gasteiger partial charge in [0.05, 0.1) is 6.10 Å². The minimum absolute atomic E-state index is 0.0723. The van der Waals surface area contributed by atoms with E-state index in [0.717, 1.165) is 45.1 Å². The average Bonchev–Trinajstić information content (AvgIpc) is 3.12. The Labute approximate surface area is 208 Å². The quantitative estimate of drug-likeness (QED) is 0.271. The summed E-state index contributed by atoms with van der Waals surface area (Å²) in [6.45, 7) is 7.71. The number of unbranched alkanes of at least 4 members (excludes halogenated alkanes) is 9. The molecule has 0 spiro atoms. The van der Waals surface area contributed by atoms with Crippen LogP contribution in [0, 0.1) is 28.6 Å². The standard InChI is InChI=1S/C31H50O3/c1-4-5-6-7-8-9-10-11-12-13-20-34-24-16-18-30(2)23(21-24)22-27(32)29-25-14-15-28(33)31(25,3)19-17-26(29)30/h22,24-26,29H,4-21H2,1-3H3/t24-,25?,26?,29?,30-,31-/m0/s1. The second-order valence-corrected chi connectivity index (χ2v) is 12.6. The summed E-state index contributed by atoms with van der Waals surface area (Å²) in [4.78, 5) is 26.0. The van der Waals surface area contributed by atoms with Crippen molar-refractivity contribution in [1.29, 1.82) is 0 Å². The van der Waals surface area contributed by atoms with Gasteiger partial charge in [0.25, 0.3) is 0 Å². The summed E-state index contributed by atoms with van der Waals surface area (Å²) in [5.74, 6) is 1.49. The van der Waals surface area contributed by atoms with Gasteiger partial charge >= 0.3 is 0 Å². The van der Waals surface area contributed by atoms with Crippen molar-refractivity contribution in [2.24, 2.45) is 28.6 Å². The molecule has 0 bridgehead atoms. The van der Waals surface area contributed by atoms with E-state index in [1.807, 2.05) is 6.08 Å². The fourth-order valence-corrected chi connectivity index (χ4v) is 8.12. The lowest BCUT2D eigenvalue weighted by Gasteiger charge is -2.56. The third kappa shape index (κ3) is 5.25. The summed E-state index contributed by atoms with van der Waals surface area (Å²) in [5.41, 5.74) is 1.24.